The highest BCUT2D eigenvalue weighted by Crippen LogP contribution is 2.32. The summed E-state index contributed by atoms with van der Waals surface area (Å²) < 4.78 is 0. The van der Waals surface area contributed by atoms with E-state index in [9.17, 15) is 9.90 Å². The molecule has 1 aromatic carbocycles. The van der Waals surface area contributed by atoms with Crippen LogP contribution in [-0.2, 0) is 4.79 Å². The van der Waals surface area contributed by atoms with Crippen LogP contribution in [0.4, 0.5) is 5.69 Å². The lowest BCUT2D eigenvalue weighted by molar-refractivity contribution is -0.138. The number of benzene rings is 1. The standard InChI is InChI=1S/C14H13ClN2O2/c15-9-3-4-10-11(8-9)16-6-5-12(10)17-7-1-2-13(17)14(18)19/h3-6,8,13H,1-2,7H2,(H,18,19)/t13-/m1/s1. The van der Waals surface area contributed by atoms with Crippen LogP contribution in [0.15, 0.2) is 30.5 Å². The number of anilines is 1. The number of fused-ring (bicyclic) bond motifs is 1. The Morgan fingerprint density at radius 2 is 2.26 bits per heavy atom. The zero-order chi connectivity index (χ0) is 13.4. The molecule has 0 unspecified atom stereocenters. The third-order valence-corrected chi connectivity index (χ3v) is 3.76. The first-order valence-electron chi connectivity index (χ1n) is 6.20. The van der Waals surface area contributed by atoms with E-state index >= 15 is 0 Å². The van der Waals surface area contributed by atoms with Crippen LogP contribution in [0.2, 0.25) is 5.02 Å². The Hall–Kier alpha value is -1.81. The molecule has 2 aromatic rings. The van der Waals surface area contributed by atoms with Crippen LogP contribution in [0.1, 0.15) is 12.8 Å². The fourth-order valence-electron chi connectivity index (χ4n) is 2.67. The fraction of sp³-hybridized carbons (Fsp3) is 0.286. The average Bonchev–Trinajstić information content (AvgIpc) is 2.86. The van der Waals surface area contributed by atoms with Gasteiger partial charge in [0.2, 0.25) is 0 Å². The van der Waals surface area contributed by atoms with Crippen molar-refractivity contribution in [3.63, 3.8) is 0 Å². The van der Waals surface area contributed by atoms with Gasteiger partial charge in [-0.05, 0) is 37.1 Å². The summed E-state index contributed by atoms with van der Waals surface area (Å²) in [7, 11) is 0. The van der Waals surface area contributed by atoms with Gasteiger partial charge in [-0.3, -0.25) is 4.98 Å². The molecule has 0 amide bonds. The maximum atomic E-state index is 11.3. The van der Waals surface area contributed by atoms with Crippen molar-refractivity contribution < 1.29 is 9.90 Å². The number of aromatic nitrogens is 1. The van der Waals surface area contributed by atoms with Crippen molar-refractivity contribution in [1.29, 1.82) is 0 Å². The molecule has 0 radical (unpaired) electrons. The Morgan fingerprint density at radius 3 is 3.05 bits per heavy atom. The average molecular weight is 277 g/mol. The molecule has 98 valence electrons. The SMILES string of the molecule is O=C(O)[C@H]1CCCN1c1ccnc2cc(Cl)ccc12. The van der Waals surface area contributed by atoms with Gasteiger partial charge >= 0.3 is 5.97 Å². The van der Waals surface area contributed by atoms with E-state index < -0.39 is 12.0 Å². The highest BCUT2D eigenvalue weighted by Gasteiger charge is 2.31. The van der Waals surface area contributed by atoms with E-state index in [2.05, 4.69) is 4.98 Å². The summed E-state index contributed by atoms with van der Waals surface area (Å²) in [5, 5.41) is 10.9. The molecule has 3 rings (SSSR count). The highest BCUT2D eigenvalue weighted by molar-refractivity contribution is 6.31. The Labute approximate surface area is 115 Å². The van der Waals surface area contributed by atoms with Crippen molar-refractivity contribution in [2.24, 2.45) is 0 Å². The Kier molecular flexibility index (Phi) is 3.03. The van der Waals surface area contributed by atoms with E-state index in [1.165, 1.54) is 0 Å². The number of hydrogen-bond donors (Lipinski definition) is 1. The summed E-state index contributed by atoms with van der Waals surface area (Å²) in [5.74, 6) is -0.767. The van der Waals surface area contributed by atoms with Crippen LogP contribution in [0, 0.1) is 0 Å². The molecule has 2 heterocycles. The molecule has 0 bridgehead atoms. The number of aliphatic carboxylic acids is 1. The van der Waals surface area contributed by atoms with Gasteiger partial charge in [0.05, 0.1) is 5.52 Å². The lowest BCUT2D eigenvalue weighted by Gasteiger charge is -2.24. The van der Waals surface area contributed by atoms with Crippen molar-refractivity contribution in [1.82, 2.24) is 4.98 Å². The van der Waals surface area contributed by atoms with Gasteiger partial charge in [-0.1, -0.05) is 11.6 Å². The van der Waals surface area contributed by atoms with Crippen molar-refractivity contribution in [3.05, 3.63) is 35.5 Å². The smallest absolute Gasteiger partial charge is 0.326 e. The molecular weight excluding hydrogens is 264 g/mol. The number of carboxylic acid groups (broad SMARTS) is 1. The van der Waals surface area contributed by atoms with Crippen molar-refractivity contribution in [3.8, 4) is 0 Å². The van der Waals surface area contributed by atoms with Gasteiger partial charge in [0.25, 0.3) is 0 Å². The lowest BCUT2D eigenvalue weighted by Crippen LogP contribution is -2.36. The van der Waals surface area contributed by atoms with Gasteiger partial charge in [0, 0.05) is 28.8 Å². The van der Waals surface area contributed by atoms with Crippen LogP contribution in [0.5, 0.6) is 0 Å². The summed E-state index contributed by atoms with van der Waals surface area (Å²) in [6.07, 6.45) is 3.28. The maximum Gasteiger partial charge on any atom is 0.326 e. The first-order valence-corrected chi connectivity index (χ1v) is 6.58. The van der Waals surface area contributed by atoms with Gasteiger partial charge in [-0.15, -0.1) is 0 Å². The highest BCUT2D eigenvalue weighted by atomic mass is 35.5. The van der Waals surface area contributed by atoms with Crippen molar-refractivity contribution in [2.75, 3.05) is 11.4 Å². The minimum atomic E-state index is -0.767. The van der Waals surface area contributed by atoms with Crippen LogP contribution in [0.25, 0.3) is 10.9 Å². The number of halogens is 1. The van der Waals surface area contributed by atoms with E-state index in [1.54, 1.807) is 18.3 Å². The Morgan fingerprint density at radius 1 is 1.42 bits per heavy atom. The van der Waals surface area contributed by atoms with Crippen molar-refractivity contribution in [2.45, 2.75) is 18.9 Å². The van der Waals surface area contributed by atoms with Gasteiger partial charge in [0.1, 0.15) is 6.04 Å². The topological polar surface area (TPSA) is 53.4 Å². The molecule has 4 nitrogen and oxygen atoms in total. The number of hydrogen-bond acceptors (Lipinski definition) is 3. The van der Waals surface area contributed by atoms with Gasteiger partial charge < -0.3 is 10.0 Å². The normalized spacial score (nSPS) is 19.0. The third kappa shape index (κ3) is 2.12. The molecule has 19 heavy (non-hydrogen) atoms. The molecular formula is C14H13ClN2O2. The van der Waals surface area contributed by atoms with E-state index in [0.29, 0.717) is 11.4 Å². The van der Waals surface area contributed by atoms with Crippen LogP contribution >= 0.6 is 11.6 Å². The zero-order valence-electron chi connectivity index (χ0n) is 10.2. The summed E-state index contributed by atoms with van der Waals surface area (Å²) >= 11 is 5.96. The Balaban J connectivity index is 2.12. The Bertz CT molecular complexity index is 644. The minimum absolute atomic E-state index is 0.443. The quantitative estimate of drug-likeness (QED) is 0.916. The molecule has 1 saturated heterocycles. The monoisotopic (exact) mass is 276 g/mol. The molecule has 5 heteroatoms. The number of rotatable bonds is 2. The van der Waals surface area contributed by atoms with Crippen LogP contribution in [-0.4, -0.2) is 28.6 Å². The van der Waals surface area contributed by atoms with Crippen LogP contribution in [0.3, 0.4) is 0 Å². The van der Waals surface area contributed by atoms with Crippen molar-refractivity contribution >= 4 is 34.2 Å². The summed E-state index contributed by atoms with van der Waals surface area (Å²) in [6, 6.07) is 6.93. The molecule has 0 saturated carbocycles. The third-order valence-electron chi connectivity index (χ3n) is 3.53. The molecule has 1 aliphatic rings. The number of pyridine rings is 1. The van der Waals surface area contributed by atoms with E-state index in [1.807, 2.05) is 17.0 Å². The number of carbonyl (C=O) groups is 1. The molecule has 0 spiro atoms. The molecule has 1 aliphatic heterocycles. The van der Waals surface area contributed by atoms with E-state index in [4.69, 9.17) is 11.6 Å². The fourth-order valence-corrected chi connectivity index (χ4v) is 2.83. The molecule has 1 fully saturated rings. The summed E-state index contributed by atoms with van der Waals surface area (Å²) in [4.78, 5) is 17.5. The predicted octanol–water partition coefficient (Wildman–Crippen LogP) is 2.94. The zero-order valence-corrected chi connectivity index (χ0v) is 11.0. The molecule has 1 N–H and O–H groups in total. The second kappa shape index (κ2) is 4.70. The largest absolute Gasteiger partial charge is 0.480 e. The first-order chi connectivity index (χ1) is 9.16. The number of carboxylic acids is 1. The summed E-state index contributed by atoms with van der Waals surface area (Å²) in [5.41, 5.74) is 1.72. The second-order valence-electron chi connectivity index (χ2n) is 4.68. The second-order valence-corrected chi connectivity index (χ2v) is 5.12. The van der Waals surface area contributed by atoms with Gasteiger partial charge in [-0.25, -0.2) is 4.79 Å². The molecule has 1 aromatic heterocycles. The predicted molar refractivity (Wildman–Crippen MR) is 74.8 cm³/mol. The van der Waals surface area contributed by atoms with Gasteiger partial charge in [0.15, 0.2) is 0 Å². The number of nitrogens with zero attached hydrogens (tertiary/aromatic N) is 2. The first kappa shape index (κ1) is 12.2. The van der Waals surface area contributed by atoms with Gasteiger partial charge in [-0.2, -0.15) is 0 Å². The summed E-state index contributed by atoms with van der Waals surface area (Å²) in [6.45, 7) is 0.763. The maximum absolute atomic E-state index is 11.3. The minimum Gasteiger partial charge on any atom is -0.480 e. The van der Waals surface area contributed by atoms with Crippen LogP contribution < -0.4 is 4.90 Å². The lowest BCUT2D eigenvalue weighted by atomic mass is 10.1. The molecule has 1 atom stereocenters. The molecule has 0 aliphatic carbocycles. The van der Waals surface area contributed by atoms with E-state index in [-0.39, 0.29) is 0 Å². The van der Waals surface area contributed by atoms with E-state index in [0.717, 1.165) is 29.6 Å².